The van der Waals surface area contributed by atoms with E-state index in [1.165, 1.54) is 55.4 Å². The van der Waals surface area contributed by atoms with Crippen molar-refractivity contribution in [1.82, 2.24) is 0 Å². The molecule has 3 heteroatoms. The fraction of sp³-hybridized carbons (Fsp3) is 0.206. The molecule has 37 heavy (non-hydrogen) atoms. The zero-order chi connectivity index (χ0) is 26.1. The molecule has 2 heterocycles. The number of Topliss-reactive ketones (excluding diaryl/α,β-unsaturated/α-hetero) is 1. The third-order valence-electron chi connectivity index (χ3n) is 7.82. The van der Waals surface area contributed by atoms with Gasteiger partial charge < -0.3 is 4.90 Å². The Morgan fingerprint density at radius 3 is 2.22 bits per heavy atom. The molecule has 0 atom stereocenters. The molecule has 0 N–H and O–H groups in total. The molecule has 2 nitrogen and oxygen atoms in total. The lowest BCUT2D eigenvalue weighted by Crippen LogP contribution is -2.29. The number of aryl methyl sites for hydroxylation is 3. The quantitative estimate of drug-likeness (QED) is 0.229. The van der Waals surface area contributed by atoms with Gasteiger partial charge in [-0.15, -0.1) is 11.3 Å². The molecule has 0 saturated carbocycles. The van der Waals surface area contributed by atoms with Crippen LogP contribution < -0.4 is 4.90 Å². The highest BCUT2D eigenvalue weighted by Gasteiger charge is 2.39. The lowest BCUT2D eigenvalue weighted by Gasteiger charge is -2.40. The number of thiophene rings is 1. The number of hydrogen-bond acceptors (Lipinski definition) is 3. The zero-order valence-electron chi connectivity index (χ0n) is 22.3. The Kier molecular flexibility index (Phi) is 5.40. The normalized spacial score (nSPS) is 13.9. The lowest BCUT2D eigenvalue weighted by molar-refractivity contribution is 0.102. The smallest absolute Gasteiger partial charge is 0.169 e. The summed E-state index contributed by atoms with van der Waals surface area (Å²) in [5, 5.41) is 3.54. The number of fused-ring (bicyclic) bond motifs is 3. The van der Waals surface area contributed by atoms with Gasteiger partial charge in [0.05, 0.1) is 16.3 Å². The van der Waals surface area contributed by atoms with Gasteiger partial charge in [-0.25, -0.2) is 0 Å². The van der Waals surface area contributed by atoms with Crippen molar-refractivity contribution in [2.75, 3.05) is 4.90 Å². The maximum atomic E-state index is 12.5. The van der Waals surface area contributed by atoms with Gasteiger partial charge in [0, 0.05) is 10.8 Å². The molecule has 0 spiro atoms. The summed E-state index contributed by atoms with van der Waals surface area (Å²) in [6.07, 6.45) is 0. The summed E-state index contributed by atoms with van der Waals surface area (Å²) < 4.78 is 0. The first-order chi connectivity index (χ1) is 17.7. The Balaban J connectivity index is 1.66. The van der Waals surface area contributed by atoms with Crippen molar-refractivity contribution in [1.29, 1.82) is 0 Å². The minimum atomic E-state index is -0.252. The molecule has 5 aromatic rings. The third kappa shape index (κ3) is 3.64. The SMILES string of the molecule is CC(=O)c1cc2c(s1)N(c1cccc3ccccc13)c1ccc(-c3c(C)cc(C)cc3C)cc1C2(C)C. The van der Waals surface area contributed by atoms with E-state index in [0.29, 0.717) is 0 Å². The molecule has 4 aromatic carbocycles. The second-order valence-corrected chi connectivity index (χ2v) is 11.9. The number of carbonyl (C=O) groups is 1. The minimum absolute atomic E-state index is 0.115. The van der Waals surface area contributed by atoms with Gasteiger partial charge in [-0.2, -0.15) is 0 Å². The molecule has 0 fully saturated rings. The largest absolute Gasteiger partial charge is 0.301 e. The average molecular weight is 502 g/mol. The molecule has 1 aliphatic heterocycles. The maximum Gasteiger partial charge on any atom is 0.169 e. The minimum Gasteiger partial charge on any atom is -0.301 e. The fourth-order valence-electron chi connectivity index (χ4n) is 6.09. The van der Waals surface area contributed by atoms with E-state index >= 15 is 0 Å². The van der Waals surface area contributed by atoms with Crippen LogP contribution in [0, 0.1) is 20.8 Å². The molecular weight excluding hydrogens is 470 g/mol. The number of anilines is 3. The van der Waals surface area contributed by atoms with Crippen LogP contribution in [0.2, 0.25) is 0 Å². The predicted octanol–water partition coefficient (Wildman–Crippen LogP) is 9.81. The molecular formula is C34H31NOS. The first kappa shape index (κ1) is 23.7. The van der Waals surface area contributed by atoms with Crippen molar-refractivity contribution in [3.05, 3.63) is 112 Å². The van der Waals surface area contributed by atoms with E-state index in [9.17, 15) is 4.79 Å². The standard InChI is InChI=1S/C34H31NOS/c1-20-16-21(2)32(22(3)17-20)25-14-15-30-27(18-25)34(5,6)28-19-31(23(4)36)37-33(28)35(30)29-13-9-11-24-10-7-8-12-26(24)29/h7-19H,1-6H3. The molecule has 0 bridgehead atoms. The molecule has 0 saturated heterocycles. The average Bonchev–Trinajstić information content (AvgIpc) is 3.31. The highest BCUT2D eigenvalue weighted by atomic mass is 32.1. The van der Waals surface area contributed by atoms with E-state index < -0.39 is 0 Å². The van der Waals surface area contributed by atoms with Crippen LogP contribution in [0.4, 0.5) is 16.4 Å². The number of hydrogen-bond donors (Lipinski definition) is 0. The molecule has 0 radical (unpaired) electrons. The van der Waals surface area contributed by atoms with Crippen LogP contribution in [0.3, 0.4) is 0 Å². The second kappa shape index (κ2) is 8.43. The molecule has 0 amide bonds. The Hall–Kier alpha value is -3.69. The molecule has 0 aliphatic carbocycles. The summed E-state index contributed by atoms with van der Waals surface area (Å²) in [6, 6.07) is 28.6. The first-order valence-electron chi connectivity index (χ1n) is 12.8. The van der Waals surface area contributed by atoms with Crippen LogP contribution in [-0.4, -0.2) is 5.78 Å². The molecule has 1 aliphatic rings. The number of nitrogens with zero attached hydrogens (tertiary/aromatic N) is 1. The van der Waals surface area contributed by atoms with Crippen LogP contribution in [-0.2, 0) is 5.41 Å². The van der Waals surface area contributed by atoms with Crippen LogP contribution in [0.25, 0.3) is 21.9 Å². The summed E-state index contributed by atoms with van der Waals surface area (Å²) >= 11 is 1.60. The van der Waals surface area contributed by atoms with Gasteiger partial charge in [0.25, 0.3) is 0 Å². The van der Waals surface area contributed by atoms with E-state index in [-0.39, 0.29) is 11.2 Å². The van der Waals surface area contributed by atoms with Crippen molar-refractivity contribution < 1.29 is 4.79 Å². The Morgan fingerprint density at radius 2 is 1.49 bits per heavy atom. The maximum absolute atomic E-state index is 12.5. The Labute approximate surface area is 223 Å². The molecule has 1 aromatic heterocycles. The van der Waals surface area contributed by atoms with E-state index in [0.717, 1.165) is 15.6 Å². The Morgan fingerprint density at radius 1 is 0.784 bits per heavy atom. The number of ketones is 1. The van der Waals surface area contributed by atoms with Gasteiger partial charge in [-0.3, -0.25) is 4.79 Å². The summed E-state index contributed by atoms with van der Waals surface area (Å²) in [6.45, 7) is 12.8. The monoisotopic (exact) mass is 501 g/mol. The predicted molar refractivity (Wildman–Crippen MR) is 158 cm³/mol. The van der Waals surface area contributed by atoms with Crippen molar-refractivity contribution in [3.8, 4) is 11.1 Å². The van der Waals surface area contributed by atoms with E-state index in [4.69, 9.17) is 0 Å². The van der Waals surface area contributed by atoms with E-state index in [1.807, 2.05) is 0 Å². The molecule has 6 rings (SSSR count). The summed E-state index contributed by atoms with van der Waals surface area (Å²) in [4.78, 5) is 15.7. The van der Waals surface area contributed by atoms with Crippen LogP contribution in [0.1, 0.15) is 58.3 Å². The number of rotatable bonds is 3. The zero-order valence-corrected chi connectivity index (χ0v) is 23.1. The number of benzene rings is 4. The summed E-state index contributed by atoms with van der Waals surface area (Å²) in [5.74, 6) is 0.115. The van der Waals surface area contributed by atoms with Crippen molar-refractivity contribution >= 4 is 44.3 Å². The molecule has 184 valence electrons. The number of carbonyl (C=O) groups excluding carboxylic acids is 1. The van der Waals surface area contributed by atoms with Crippen LogP contribution in [0.5, 0.6) is 0 Å². The summed E-state index contributed by atoms with van der Waals surface area (Å²) in [7, 11) is 0. The van der Waals surface area contributed by atoms with Crippen LogP contribution in [0.15, 0.2) is 78.9 Å². The van der Waals surface area contributed by atoms with Gasteiger partial charge in [-0.1, -0.05) is 74.0 Å². The highest BCUT2D eigenvalue weighted by Crippen LogP contribution is 2.56. The van der Waals surface area contributed by atoms with Gasteiger partial charge in [0.2, 0.25) is 0 Å². The Bertz CT molecular complexity index is 1690. The highest BCUT2D eigenvalue weighted by molar-refractivity contribution is 7.18. The molecule has 0 unspecified atom stereocenters. The second-order valence-electron chi connectivity index (χ2n) is 10.8. The van der Waals surface area contributed by atoms with Crippen LogP contribution >= 0.6 is 11.3 Å². The van der Waals surface area contributed by atoms with Crippen molar-refractivity contribution in [2.45, 2.75) is 47.0 Å². The third-order valence-corrected chi connectivity index (χ3v) is 9.04. The lowest BCUT2D eigenvalue weighted by atomic mass is 9.74. The van der Waals surface area contributed by atoms with Crippen molar-refractivity contribution in [3.63, 3.8) is 0 Å². The van der Waals surface area contributed by atoms with Gasteiger partial charge >= 0.3 is 0 Å². The van der Waals surface area contributed by atoms with E-state index in [1.54, 1.807) is 18.3 Å². The first-order valence-corrected chi connectivity index (χ1v) is 13.6. The van der Waals surface area contributed by atoms with Crippen molar-refractivity contribution in [2.24, 2.45) is 0 Å². The van der Waals surface area contributed by atoms with Gasteiger partial charge in [-0.05, 0) is 90.7 Å². The van der Waals surface area contributed by atoms with Gasteiger partial charge in [0.1, 0.15) is 5.00 Å². The summed E-state index contributed by atoms with van der Waals surface area (Å²) in [5.41, 5.74) is 11.0. The topological polar surface area (TPSA) is 20.3 Å². The van der Waals surface area contributed by atoms with E-state index in [2.05, 4.69) is 118 Å². The fourth-order valence-corrected chi connectivity index (χ4v) is 7.33. The van der Waals surface area contributed by atoms with Gasteiger partial charge in [0.15, 0.2) is 5.78 Å².